The van der Waals surface area contributed by atoms with Crippen molar-refractivity contribution in [2.75, 3.05) is 6.61 Å². The molecule has 2 saturated carbocycles. The standard InChI is InChI=1S/C22H28F2O5/c1-11-6-13-14-8-16(23)15-7-12(26)4-5-19(15,2)21(14,24)17(27)9-20(13,3)22(11,29)18(28)10-25/h7-8,11,13-14,17,25,27,29H,4-6,9-10H2,1-3H3/t11-,13-,14-,17-,19-,20-,21-,22-/m0/s1. The largest absolute Gasteiger partial charge is 0.390 e. The molecule has 3 N–H and O–H groups in total. The van der Waals surface area contributed by atoms with Crippen LogP contribution in [0.1, 0.15) is 46.5 Å². The number of aliphatic hydroxyl groups excluding tert-OH is 2. The second-order valence-electron chi connectivity index (χ2n) is 9.89. The Kier molecular flexibility index (Phi) is 4.34. The molecule has 0 amide bonds. The smallest absolute Gasteiger partial charge is 0.190 e. The van der Waals surface area contributed by atoms with Crippen LogP contribution in [-0.4, -0.2) is 50.9 Å². The van der Waals surface area contributed by atoms with E-state index in [2.05, 4.69) is 0 Å². The molecule has 0 aliphatic heterocycles. The highest BCUT2D eigenvalue weighted by atomic mass is 19.1. The number of hydrogen-bond donors (Lipinski definition) is 3. The normalized spacial score (nSPS) is 51.5. The monoisotopic (exact) mass is 410 g/mol. The minimum atomic E-state index is -2.23. The van der Waals surface area contributed by atoms with Crippen molar-refractivity contribution in [3.05, 3.63) is 23.6 Å². The third-order valence-corrected chi connectivity index (χ3v) is 8.80. The van der Waals surface area contributed by atoms with E-state index in [-0.39, 0.29) is 37.0 Å². The van der Waals surface area contributed by atoms with Gasteiger partial charge in [0.15, 0.2) is 17.2 Å². The third-order valence-electron chi connectivity index (χ3n) is 8.80. The fourth-order valence-electron chi connectivity index (χ4n) is 7.14. The van der Waals surface area contributed by atoms with Gasteiger partial charge in [0.25, 0.3) is 0 Å². The molecule has 4 aliphatic carbocycles. The summed E-state index contributed by atoms with van der Waals surface area (Å²) in [7, 11) is 0. The second kappa shape index (κ2) is 6.05. The van der Waals surface area contributed by atoms with Crippen LogP contribution in [0.25, 0.3) is 0 Å². The topological polar surface area (TPSA) is 94.8 Å². The fraction of sp³-hybridized carbons (Fsp3) is 0.727. The second-order valence-corrected chi connectivity index (χ2v) is 9.89. The van der Waals surface area contributed by atoms with Crippen molar-refractivity contribution >= 4 is 11.6 Å². The van der Waals surface area contributed by atoms with Crippen molar-refractivity contribution in [2.24, 2.45) is 28.6 Å². The van der Waals surface area contributed by atoms with E-state index in [1.165, 1.54) is 0 Å². The predicted octanol–water partition coefficient (Wildman–Crippen LogP) is 2.19. The molecule has 0 bridgehead atoms. The van der Waals surface area contributed by atoms with E-state index in [1.807, 2.05) is 0 Å². The van der Waals surface area contributed by atoms with Crippen LogP contribution in [0.15, 0.2) is 23.6 Å². The minimum absolute atomic E-state index is 0.0112. The molecule has 5 nitrogen and oxygen atoms in total. The lowest BCUT2D eigenvalue weighted by Crippen LogP contribution is -2.69. The Hall–Kier alpha value is -1.44. The maximum absolute atomic E-state index is 16.9. The van der Waals surface area contributed by atoms with Gasteiger partial charge in [0, 0.05) is 28.7 Å². The molecule has 4 aliphatic rings. The van der Waals surface area contributed by atoms with Crippen molar-refractivity contribution in [3.8, 4) is 0 Å². The number of carbonyl (C=O) groups excluding carboxylic acids is 2. The number of allylic oxidation sites excluding steroid dienone is 4. The van der Waals surface area contributed by atoms with E-state index in [0.717, 1.165) is 12.2 Å². The minimum Gasteiger partial charge on any atom is -0.390 e. The maximum Gasteiger partial charge on any atom is 0.190 e. The summed E-state index contributed by atoms with van der Waals surface area (Å²) in [5, 5.41) is 31.9. The summed E-state index contributed by atoms with van der Waals surface area (Å²) in [6.07, 6.45) is 0.952. The van der Waals surface area contributed by atoms with E-state index in [1.54, 1.807) is 20.8 Å². The van der Waals surface area contributed by atoms with Gasteiger partial charge in [-0.3, -0.25) is 9.59 Å². The van der Waals surface area contributed by atoms with Crippen LogP contribution >= 0.6 is 0 Å². The molecule has 160 valence electrons. The quantitative estimate of drug-likeness (QED) is 0.649. The molecule has 0 heterocycles. The van der Waals surface area contributed by atoms with Gasteiger partial charge in [0.1, 0.15) is 18.0 Å². The molecule has 0 aromatic rings. The summed E-state index contributed by atoms with van der Waals surface area (Å²) in [6, 6.07) is 0. The number of carbonyl (C=O) groups is 2. The highest BCUT2D eigenvalue weighted by Crippen LogP contribution is 2.70. The van der Waals surface area contributed by atoms with E-state index in [4.69, 9.17) is 0 Å². The number of hydrogen-bond acceptors (Lipinski definition) is 5. The summed E-state index contributed by atoms with van der Waals surface area (Å²) in [4.78, 5) is 24.4. The summed E-state index contributed by atoms with van der Waals surface area (Å²) < 4.78 is 32.0. The first-order chi connectivity index (χ1) is 13.4. The molecule has 2 fully saturated rings. The van der Waals surface area contributed by atoms with Gasteiger partial charge in [0.2, 0.25) is 0 Å². The molecular weight excluding hydrogens is 382 g/mol. The molecule has 8 atom stereocenters. The lowest BCUT2D eigenvalue weighted by molar-refractivity contribution is -0.213. The molecule has 0 saturated heterocycles. The lowest BCUT2D eigenvalue weighted by atomic mass is 9.45. The van der Waals surface area contributed by atoms with Crippen LogP contribution in [0.4, 0.5) is 8.78 Å². The van der Waals surface area contributed by atoms with Gasteiger partial charge in [-0.15, -0.1) is 0 Å². The van der Waals surface area contributed by atoms with Gasteiger partial charge in [-0.2, -0.15) is 0 Å². The Bertz CT molecular complexity index is 852. The Morgan fingerprint density at radius 1 is 1.34 bits per heavy atom. The zero-order valence-corrected chi connectivity index (χ0v) is 16.9. The van der Waals surface area contributed by atoms with Gasteiger partial charge in [0.05, 0.1) is 6.10 Å². The van der Waals surface area contributed by atoms with Crippen molar-refractivity contribution in [2.45, 2.75) is 63.8 Å². The maximum atomic E-state index is 16.9. The van der Waals surface area contributed by atoms with E-state index in [9.17, 15) is 24.9 Å². The van der Waals surface area contributed by atoms with Crippen LogP contribution in [0.5, 0.6) is 0 Å². The van der Waals surface area contributed by atoms with Crippen LogP contribution in [0, 0.1) is 28.6 Å². The van der Waals surface area contributed by atoms with Crippen LogP contribution in [-0.2, 0) is 9.59 Å². The number of alkyl halides is 1. The number of fused-ring (bicyclic) bond motifs is 5. The average Bonchev–Trinajstić information content (AvgIpc) is 2.86. The van der Waals surface area contributed by atoms with Gasteiger partial charge in [-0.25, -0.2) is 8.78 Å². The number of rotatable bonds is 2. The van der Waals surface area contributed by atoms with Crippen molar-refractivity contribution < 1.29 is 33.7 Å². The molecule has 29 heavy (non-hydrogen) atoms. The molecular formula is C22H28F2O5. The van der Waals surface area contributed by atoms with Crippen molar-refractivity contribution in [1.29, 1.82) is 0 Å². The Labute approximate surface area is 168 Å². The van der Waals surface area contributed by atoms with E-state index in [0.29, 0.717) is 0 Å². The number of ketones is 2. The van der Waals surface area contributed by atoms with Crippen LogP contribution in [0.2, 0.25) is 0 Å². The molecule has 0 unspecified atom stereocenters. The summed E-state index contributed by atoms with van der Waals surface area (Å²) in [5.74, 6) is -3.95. The third kappa shape index (κ3) is 2.19. The number of aliphatic hydroxyl groups is 3. The molecule has 0 spiro atoms. The molecule has 0 radical (unpaired) electrons. The van der Waals surface area contributed by atoms with Crippen molar-refractivity contribution in [3.63, 3.8) is 0 Å². The SMILES string of the molecule is C[C@H]1C[C@H]2[C@@H]3C=C(F)C4=CC(=O)CC[C@]4(C)[C@@]3(F)[C@@H](O)C[C@]2(C)[C@@]1(O)C(=O)CO. The Morgan fingerprint density at radius 3 is 2.62 bits per heavy atom. The Morgan fingerprint density at radius 2 is 2.00 bits per heavy atom. The van der Waals surface area contributed by atoms with Gasteiger partial charge < -0.3 is 15.3 Å². The molecule has 0 aromatic heterocycles. The van der Waals surface area contributed by atoms with Gasteiger partial charge in [-0.05, 0) is 43.3 Å². The summed E-state index contributed by atoms with van der Waals surface area (Å²) in [5.41, 5.74) is -6.77. The van der Waals surface area contributed by atoms with E-state index >= 15 is 8.78 Å². The van der Waals surface area contributed by atoms with Crippen LogP contribution < -0.4 is 0 Å². The average molecular weight is 410 g/mol. The first-order valence-electron chi connectivity index (χ1n) is 10.2. The number of Topliss-reactive ketones (excluding diaryl/α,β-unsaturated/α-hetero) is 1. The van der Waals surface area contributed by atoms with E-state index < -0.39 is 64.2 Å². The number of halogens is 2. The Balaban J connectivity index is 1.91. The lowest BCUT2D eigenvalue weighted by Gasteiger charge is -2.61. The van der Waals surface area contributed by atoms with Gasteiger partial charge in [-0.1, -0.05) is 20.8 Å². The zero-order valence-electron chi connectivity index (χ0n) is 16.9. The first kappa shape index (κ1) is 20.8. The molecule has 4 rings (SSSR count). The predicted molar refractivity (Wildman–Crippen MR) is 100.0 cm³/mol. The summed E-state index contributed by atoms with van der Waals surface area (Å²) in [6.45, 7) is 3.99. The zero-order chi connectivity index (χ0) is 21.6. The molecule has 7 heteroatoms. The molecule has 0 aromatic carbocycles. The van der Waals surface area contributed by atoms with Crippen LogP contribution in [0.3, 0.4) is 0 Å². The first-order valence-corrected chi connectivity index (χ1v) is 10.2. The van der Waals surface area contributed by atoms with Crippen molar-refractivity contribution in [1.82, 2.24) is 0 Å². The summed E-state index contributed by atoms with van der Waals surface area (Å²) >= 11 is 0. The highest BCUT2D eigenvalue weighted by Gasteiger charge is 2.75. The fourth-order valence-corrected chi connectivity index (χ4v) is 7.14. The highest BCUT2D eigenvalue weighted by molar-refractivity contribution is 5.93. The van der Waals surface area contributed by atoms with Gasteiger partial charge >= 0.3 is 0 Å².